The highest BCUT2D eigenvalue weighted by Crippen LogP contribution is 2.16. The molecule has 0 radical (unpaired) electrons. The maximum Gasteiger partial charge on any atom is 0.326 e. The molecule has 108 valence electrons. The van der Waals surface area contributed by atoms with E-state index in [0.29, 0.717) is 0 Å². The van der Waals surface area contributed by atoms with Crippen LogP contribution in [0.25, 0.3) is 6.08 Å². The monoisotopic (exact) mass is 296 g/mol. The Balaban J connectivity index is 2.58. The van der Waals surface area contributed by atoms with Crippen LogP contribution in [0.4, 0.5) is 0 Å². The Morgan fingerprint density at radius 1 is 1.50 bits per heavy atom. The van der Waals surface area contributed by atoms with Gasteiger partial charge < -0.3 is 16.2 Å². The van der Waals surface area contributed by atoms with Gasteiger partial charge in [-0.05, 0) is 36.4 Å². The number of primary amides is 1. The van der Waals surface area contributed by atoms with Gasteiger partial charge in [-0.3, -0.25) is 9.59 Å². The zero-order chi connectivity index (χ0) is 15.1. The Morgan fingerprint density at radius 3 is 2.70 bits per heavy atom. The standard InChI is InChI=1S/C13H16N2O4S/c1-8-6-7-20-10(8)3-5-12(17)15-9(13(18)19)2-4-11(14)16/h3,5-7,9H,2,4H2,1H3,(H2,14,16)(H,15,17)(H,18,19)/b5-3+. The summed E-state index contributed by atoms with van der Waals surface area (Å²) in [5.41, 5.74) is 6.00. The second-order valence-electron chi connectivity index (χ2n) is 4.21. The van der Waals surface area contributed by atoms with Crippen LogP contribution >= 0.6 is 11.3 Å². The molecule has 0 spiro atoms. The van der Waals surface area contributed by atoms with Gasteiger partial charge in [-0.1, -0.05) is 0 Å². The summed E-state index contributed by atoms with van der Waals surface area (Å²) in [6.45, 7) is 1.92. The molecule has 0 aromatic carbocycles. The van der Waals surface area contributed by atoms with Crippen molar-refractivity contribution in [3.8, 4) is 0 Å². The average Bonchev–Trinajstić information content (AvgIpc) is 2.77. The van der Waals surface area contributed by atoms with E-state index < -0.39 is 23.8 Å². The highest BCUT2D eigenvalue weighted by atomic mass is 32.1. The Bertz CT molecular complexity index is 536. The predicted molar refractivity (Wildman–Crippen MR) is 76.1 cm³/mol. The third-order valence-corrected chi connectivity index (χ3v) is 3.57. The first-order valence-electron chi connectivity index (χ1n) is 5.94. The second kappa shape index (κ2) is 7.44. The normalized spacial score (nSPS) is 12.2. The molecule has 0 aliphatic carbocycles. The summed E-state index contributed by atoms with van der Waals surface area (Å²) in [6, 6.07) is 0.805. The summed E-state index contributed by atoms with van der Waals surface area (Å²) in [6.07, 6.45) is 2.79. The van der Waals surface area contributed by atoms with Crippen LogP contribution in [0.2, 0.25) is 0 Å². The van der Waals surface area contributed by atoms with E-state index in [2.05, 4.69) is 5.32 Å². The van der Waals surface area contributed by atoms with Gasteiger partial charge in [0.25, 0.3) is 0 Å². The Hall–Kier alpha value is -2.15. The summed E-state index contributed by atoms with van der Waals surface area (Å²) in [5.74, 6) is -2.31. The van der Waals surface area contributed by atoms with Crippen molar-refractivity contribution < 1.29 is 19.5 Å². The molecule has 0 saturated heterocycles. The predicted octanol–water partition coefficient (Wildman–Crippen LogP) is 0.905. The van der Waals surface area contributed by atoms with Gasteiger partial charge in [0.2, 0.25) is 11.8 Å². The number of rotatable bonds is 7. The van der Waals surface area contributed by atoms with E-state index in [9.17, 15) is 14.4 Å². The molecule has 7 heteroatoms. The number of amides is 2. The third kappa shape index (κ3) is 5.23. The van der Waals surface area contributed by atoms with Gasteiger partial charge in [0, 0.05) is 17.4 Å². The molecule has 6 nitrogen and oxygen atoms in total. The van der Waals surface area contributed by atoms with Crippen molar-refractivity contribution in [3.63, 3.8) is 0 Å². The fourth-order valence-corrected chi connectivity index (χ4v) is 2.29. The van der Waals surface area contributed by atoms with Crippen molar-refractivity contribution in [2.75, 3.05) is 0 Å². The van der Waals surface area contributed by atoms with Gasteiger partial charge in [0.1, 0.15) is 6.04 Å². The van der Waals surface area contributed by atoms with Crippen LogP contribution in [0.5, 0.6) is 0 Å². The van der Waals surface area contributed by atoms with E-state index in [4.69, 9.17) is 10.8 Å². The molecule has 2 amide bonds. The number of nitrogens with one attached hydrogen (secondary N) is 1. The number of hydrogen-bond donors (Lipinski definition) is 3. The maximum atomic E-state index is 11.6. The van der Waals surface area contributed by atoms with Gasteiger partial charge in [-0.2, -0.15) is 0 Å². The molecule has 1 atom stereocenters. The Kier molecular flexibility index (Phi) is 5.92. The lowest BCUT2D eigenvalue weighted by molar-refractivity contribution is -0.141. The zero-order valence-corrected chi connectivity index (χ0v) is 11.8. The number of thiophene rings is 1. The molecule has 1 unspecified atom stereocenters. The van der Waals surface area contributed by atoms with Crippen LogP contribution in [0.15, 0.2) is 17.5 Å². The van der Waals surface area contributed by atoms with Crippen LogP contribution in [0, 0.1) is 6.92 Å². The van der Waals surface area contributed by atoms with Crippen LogP contribution in [-0.2, 0) is 14.4 Å². The summed E-state index contributed by atoms with van der Waals surface area (Å²) < 4.78 is 0. The molecule has 1 rings (SSSR count). The van der Waals surface area contributed by atoms with Crippen LogP contribution < -0.4 is 11.1 Å². The van der Waals surface area contributed by atoms with Gasteiger partial charge in [0.05, 0.1) is 0 Å². The number of carbonyl (C=O) groups excluding carboxylic acids is 2. The van der Waals surface area contributed by atoms with Crippen LogP contribution in [-0.4, -0.2) is 28.9 Å². The lowest BCUT2D eigenvalue weighted by Crippen LogP contribution is -2.40. The van der Waals surface area contributed by atoms with E-state index in [1.54, 1.807) is 6.08 Å². The molecule has 4 N–H and O–H groups in total. The number of aryl methyl sites for hydroxylation is 1. The van der Waals surface area contributed by atoms with Crippen molar-refractivity contribution in [1.82, 2.24) is 5.32 Å². The fourth-order valence-electron chi connectivity index (χ4n) is 1.47. The Labute approximate surface area is 120 Å². The SMILES string of the molecule is Cc1ccsc1/C=C/C(=O)NC(CCC(N)=O)C(=O)O. The molecule has 0 aliphatic rings. The van der Waals surface area contributed by atoms with Gasteiger partial charge in [-0.25, -0.2) is 4.79 Å². The van der Waals surface area contributed by atoms with E-state index >= 15 is 0 Å². The van der Waals surface area contributed by atoms with Crippen molar-refractivity contribution in [2.45, 2.75) is 25.8 Å². The van der Waals surface area contributed by atoms with Crippen molar-refractivity contribution >= 4 is 35.2 Å². The van der Waals surface area contributed by atoms with E-state index in [0.717, 1.165) is 10.4 Å². The largest absolute Gasteiger partial charge is 0.480 e. The first-order valence-corrected chi connectivity index (χ1v) is 6.82. The van der Waals surface area contributed by atoms with Gasteiger partial charge in [-0.15, -0.1) is 11.3 Å². The molecule has 0 fully saturated rings. The van der Waals surface area contributed by atoms with Crippen LogP contribution in [0.3, 0.4) is 0 Å². The number of carboxylic acid groups (broad SMARTS) is 1. The van der Waals surface area contributed by atoms with Crippen molar-refractivity contribution in [1.29, 1.82) is 0 Å². The molecule has 1 heterocycles. The molecular weight excluding hydrogens is 280 g/mol. The first kappa shape index (κ1) is 15.9. The first-order chi connectivity index (χ1) is 9.40. The summed E-state index contributed by atoms with van der Waals surface area (Å²) >= 11 is 1.49. The van der Waals surface area contributed by atoms with E-state index in [1.165, 1.54) is 17.4 Å². The number of carbonyl (C=O) groups is 3. The molecule has 0 saturated carbocycles. The molecule has 20 heavy (non-hydrogen) atoms. The topological polar surface area (TPSA) is 109 Å². The summed E-state index contributed by atoms with van der Waals surface area (Å²) in [4.78, 5) is 34.2. The quantitative estimate of drug-likeness (QED) is 0.649. The molecule has 0 aliphatic heterocycles. The number of carboxylic acids is 1. The molecule has 1 aromatic heterocycles. The van der Waals surface area contributed by atoms with Crippen molar-refractivity contribution in [3.05, 3.63) is 28.0 Å². The number of hydrogen-bond acceptors (Lipinski definition) is 4. The average molecular weight is 296 g/mol. The molecular formula is C13H16N2O4S. The molecule has 1 aromatic rings. The zero-order valence-electron chi connectivity index (χ0n) is 11.0. The molecule has 0 bridgehead atoms. The maximum absolute atomic E-state index is 11.6. The highest BCUT2D eigenvalue weighted by Gasteiger charge is 2.19. The lowest BCUT2D eigenvalue weighted by atomic mass is 10.1. The minimum absolute atomic E-state index is 0.0255. The van der Waals surface area contributed by atoms with Gasteiger partial charge >= 0.3 is 5.97 Å². The minimum Gasteiger partial charge on any atom is -0.480 e. The smallest absolute Gasteiger partial charge is 0.326 e. The van der Waals surface area contributed by atoms with E-state index in [1.807, 2.05) is 18.4 Å². The third-order valence-electron chi connectivity index (χ3n) is 2.58. The number of aliphatic carboxylic acids is 1. The summed E-state index contributed by atoms with van der Waals surface area (Å²) in [7, 11) is 0. The van der Waals surface area contributed by atoms with Crippen molar-refractivity contribution in [2.24, 2.45) is 5.73 Å². The summed E-state index contributed by atoms with van der Waals surface area (Å²) in [5, 5.41) is 13.2. The lowest BCUT2D eigenvalue weighted by Gasteiger charge is -2.11. The van der Waals surface area contributed by atoms with Crippen LogP contribution in [0.1, 0.15) is 23.3 Å². The Morgan fingerprint density at radius 2 is 2.20 bits per heavy atom. The fraction of sp³-hybridized carbons (Fsp3) is 0.308. The minimum atomic E-state index is -1.19. The highest BCUT2D eigenvalue weighted by molar-refractivity contribution is 7.11. The second-order valence-corrected chi connectivity index (χ2v) is 5.15. The van der Waals surface area contributed by atoms with E-state index in [-0.39, 0.29) is 12.8 Å². The van der Waals surface area contributed by atoms with Gasteiger partial charge in [0.15, 0.2) is 0 Å². The number of nitrogens with two attached hydrogens (primary N) is 1.